The van der Waals surface area contributed by atoms with Crippen molar-refractivity contribution in [2.45, 2.75) is 13.1 Å². The molecule has 0 atom stereocenters. The van der Waals surface area contributed by atoms with Crippen LogP contribution in [-0.4, -0.2) is 46.8 Å². The van der Waals surface area contributed by atoms with Crippen LogP contribution in [0.3, 0.4) is 0 Å². The third-order valence-electron chi connectivity index (χ3n) is 3.38. The number of benzene rings is 1. The van der Waals surface area contributed by atoms with Crippen molar-refractivity contribution < 1.29 is 4.74 Å². The summed E-state index contributed by atoms with van der Waals surface area (Å²) in [6.07, 6.45) is 1.68. The third kappa shape index (κ3) is 5.08. The zero-order valence-electron chi connectivity index (χ0n) is 13.9. The SMILES string of the molecule is CN=C(NCc1nncn1C)N(C)Cc1ccccc1OC.I. The maximum atomic E-state index is 5.39. The van der Waals surface area contributed by atoms with Gasteiger partial charge in [-0.05, 0) is 6.07 Å². The van der Waals surface area contributed by atoms with E-state index in [0.29, 0.717) is 13.1 Å². The molecule has 0 aliphatic rings. The van der Waals surface area contributed by atoms with Crippen LogP contribution in [0.1, 0.15) is 11.4 Å². The summed E-state index contributed by atoms with van der Waals surface area (Å²) in [6.45, 7) is 1.27. The van der Waals surface area contributed by atoms with Crippen molar-refractivity contribution in [2.75, 3.05) is 21.2 Å². The van der Waals surface area contributed by atoms with Gasteiger partial charge in [0.2, 0.25) is 0 Å². The largest absolute Gasteiger partial charge is 0.496 e. The minimum Gasteiger partial charge on any atom is -0.496 e. The van der Waals surface area contributed by atoms with Gasteiger partial charge in [0.25, 0.3) is 0 Å². The number of aliphatic imine (C=N–C) groups is 1. The average molecular weight is 430 g/mol. The highest BCUT2D eigenvalue weighted by molar-refractivity contribution is 14.0. The number of ether oxygens (including phenoxy) is 1. The predicted octanol–water partition coefficient (Wildman–Crippen LogP) is 1.65. The van der Waals surface area contributed by atoms with E-state index in [1.54, 1.807) is 20.5 Å². The first-order chi connectivity index (χ1) is 10.7. The third-order valence-corrected chi connectivity index (χ3v) is 3.38. The molecule has 7 nitrogen and oxygen atoms in total. The Morgan fingerprint density at radius 2 is 2.13 bits per heavy atom. The van der Waals surface area contributed by atoms with Gasteiger partial charge in [0, 0.05) is 33.3 Å². The lowest BCUT2D eigenvalue weighted by atomic mass is 10.2. The number of halogens is 1. The summed E-state index contributed by atoms with van der Waals surface area (Å²) in [5, 5.41) is 11.2. The summed E-state index contributed by atoms with van der Waals surface area (Å²) >= 11 is 0. The summed E-state index contributed by atoms with van der Waals surface area (Å²) in [4.78, 5) is 6.34. The molecule has 1 N–H and O–H groups in total. The minimum atomic E-state index is 0. The number of hydrogen-bond donors (Lipinski definition) is 1. The smallest absolute Gasteiger partial charge is 0.194 e. The summed E-state index contributed by atoms with van der Waals surface area (Å²) in [6, 6.07) is 7.97. The monoisotopic (exact) mass is 430 g/mol. The summed E-state index contributed by atoms with van der Waals surface area (Å²) < 4.78 is 7.26. The van der Waals surface area contributed by atoms with Crippen molar-refractivity contribution in [1.29, 1.82) is 0 Å². The molecule has 0 aliphatic heterocycles. The molecule has 8 heteroatoms. The number of aromatic nitrogens is 3. The number of nitrogens with zero attached hydrogens (tertiary/aromatic N) is 5. The van der Waals surface area contributed by atoms with Crippen molar-refractivity contribution in [1.82, 2.24) is 25.0 Å². The molecule has 1 aromatic heterocycles. The lowest BCUT2D eigenvalue weighted by Gasteiger charge is -2.22. The molecule has 0 amide bonds. The maximum absolute atomic E-state index is 5.39. The fraction of sp³-hybridized carbons (Fsp3) is 0.400. The van der Waals surface area contributed by atoms with Gasteiger partial charge in [-0.1, -0.05) is 18.2 Å². The van der Waals surface area contributed by atoms with Gasteiger partial charge < -0.3 is 19.5 Å². The lowest BCUT2D eigenvalue weighted by molar-refractivity contribution is 0.396. The molecule has 2 rings (SSSR count). The van der Waals surface area contributed by atoms with Crippen molar-refractivity contribution in [3.8, 4) is 5.75 Å². The van der Waals surface area contributed by atoms with Crippen molar-refractivity contribution in [2.24, 2.45) is 12.0 Å². The standard InChI is InChI=1S/C15H22N6O.HI/c1-16-15(17-9-14-19-18-11-21(14)3)20(2)10-12-7-5-6-8-13(12)22-4;/h5-8,11H,9-10H2,1-4H3,(H,16,17);1H. The molecule has 0 unspecified atom stereocenters. The maximum Gasteiger partial charge on any atom is 0.194 e. The van der Waals surface area contributed by atoms with Gasteiger partial charge in [-0.15, -0.1) is 34.2 Å². The van der Waals surface area contributed by atoms with Gasteiger partial charge in [-0.3, -0.25) is 4.99 Å². The molecule has 23 heavy (non-hydrogen) atoms. The first-order valence-electron chi connectivity index (χ1n) is 7.02. The van der Waals surface area contributed by atoms with Gasteiger partial charge in [-0.25, -0.2) is 0 Å². The summed E-state index contributed by atoms with van der Waals surface area (Å²) in [7, 11) is 7.34. The topological polar surface area (TPSA) is 67.6 Å². The molecule has 0 bridgehead atoms. The molecule has 0 aliphatic carbocycles. The predicted molar refractivity (Wildman–Crippen MR) is 101 cm³/mol. The van der Waals surface area contributed by atoms with Crippen LogP contribution >= 0.6 is 24.0 Å². The first kappa shape index (κ1) is 19.2. The molecule has 2 aromatic rings. The summed E-state index contributed by atoms with van der Waals surface area (Å²) in [5.41, 5.74) is 1.11. The van der Waals surface area contributed by atoms with E-state index in [-0.39, 0.29) is 24.0 Å². The Morgan fingerprint density at radius 3 is 2.74 bits per heavy atom. The molecule has 1 heterocycles. The quantitative estimate of drug-likeness (QED) is 0.444. The van der Waals surface area contributed by atoms with Crippen molar-refractivity contribution in [3.05, 3.63) is 42.0 Å². The molecule has 0 saturated carbocycles. The Labute approximate surface area is 153 Å². The molecule has 126 valence electrons. The number of aryl methyl sites for hydroxylation is 1. The van der Waals surface area contributed by atoms with Crippen LogP contribution in [0, 0.1) is 0 Å². The van der Waals surface area contributed by atoms with Gasteiger partial charge >= 0.3 is 0 Å². The molecular formula is C15H23IN6O. The van der Waals surface area contributed by atoms with E-state index in [9.17, 15) is 0 Å². The Morgan fingerprint density at radius 1 is 1.39 bits per heavy atom. The molecule has 0 radical (unpaired) electrons. The lowest BCUT2D eigenvalue weighted by Crippen LogP contribution is -2.38. The second-order valence-corrected chi connectivity index (χ2v) is 4.93. The Kier molecular flexibility index (Phi) is 7.79. The van der Waals surface area contributed by atoms with E-state index in [0.717, 1.165) is 23.1 Å². The second-order valence-electron chi connectivity index (χ2n) is 4.93. The van der Waals surface area contributed by atoms with Crippen LogP contribution in [0.2, 0.25) is 0 Å². The first-order valence-corrected chi connectivity index (χ1v) is 7.02. The number of nitrogens with one attached hydrogen (secondary N) is 1. The van der Waals surface area contributed by atoms with E-state index in [4.69, 9.17) is 4.74 Å². The van der Waals surface area contributed by atoms with Crippen LogP contribution < -0.4 is 10.1 Å². The number of methoxy groups -OCH3 is 1. The summed E-state index contributed by atoms with van der Waals surface area (Å²) in [5.74, 6) is 2.51. The van der Waals surface area contributed by atoms with E-state index in [1.807, 2.05) is 47.8 Å². The Bertz CT molecular complexity index is 642. The van der Waals surface area contributed by atoms with Gasteiger partial charge in [0.15, 0.2) is 11.8 Å². The van der Waals surface area contributed by atoms with Gasteiger partial charge in [-0.2, -0.15) is 0 Å². The van der Waals surface area contributed by atoms with Gasteiger partial charge in [0.05, 0.1) is 13.7 Å². The fourth-order valence-electron chi connectivity index (χ4n) is 2.17. The molecule has 1 aromatic carbocycles. The van der Waals surface area contributed by atoms with Gasteiger partial charge in [0.1, 0.15) is 12.1 Å². The zero-order chi connectivity index (χ0) is 15.9. The highest BCUT2D eigenvalue weighted by atomic mass is 127. The number of para-hydroxylation sites is 1. The number of guanidine groups is 1. The molecular weight excluding hydrogens is 407 g/mol. The molecule has 0 saturated heterocycles. The van der Waals surface area contributed by atoms with Crippen LogP contribution in [0.25, 0.3) is 0 Å². The average Bonchev–Trinajstić information content (AvgIpc) is 2.94. The van der Waals surface area contributed by atoms with Crippen LogP contribution in [0.5, 0.6) is 5.75 Å². The van der Waals surface area contributed by atoms with Crippen LogP contribution in [0.15, 0.2) is 35.6 Å². The van der Waals surface area contributed by atoms with E-state index >= 15 is 0 Å². The number of hydrogen-bond acceptors (Lipinski definition) is 4. The normalized spacial score (nSPS) is 10.9. The molecule has 0 spiro atoms. The van der Waals surface area contributed by atoms with Crippen molar-refractivity contribution in [3.63, 3.8) is 0 Å². The van der Waals surface area contributed by atoms with Crippen molar-refractivity contribution >= 4 is 29.9 Å². The Hall–Kier alpha value is -1.84. The molecule has 0 fully saturated rings. The Balaban J connectivity index is 0.00000264. The minimum absolute atomic E-state index is 0. The fourth-order valence-corrected chi connectivity index (χ4v) is 2.17. The highest BCUT2D eigenvalue weighted by Gasteiger charge is 2.10. The van der Waals surface area contributed by atoms with E-state index < -0.39 is 0 Å². The van der Waals surface area contributed by atoms with E-state index in [1.165, 1.54) is 0 Å². The number of rotatable bonds is 5. The zero-order valence-corrected chi connectivity index (χ0v) is 16.2. The van der Waals surface area contributed by atoms with Crippen LogP contribution in [0.4, 0.5) is 0 Å². The second kappa shape index (κ2) is 9.33. The van der Waals surface area contributed by atoms with Crippen LogP contribution in [-0.2, 0) is 20.1 Å². The van der Waals surface area contributed by atoms with E-state index in [2.05, 4.69) is 20.5 Å². The highest BCUT2D eigenvalue weighted by Crippen LogP contribution is 2.18.